The normalized spacial score (nSPS) is 29.2. The Kier molecular flexibility index (Phi) is 3.52. The van der Waals surface area contributed by atoms with Gasteiger partial charge >= 0.3 is 0 Å². The molecule has 2 heterocycles. The van der Waals surface area contributed by atoms with E-state index in [0.717, 1.165) is 17.9 Å². The van der Waals surface area contributed by atoms with Crippen molar-refractivity contribution in [1.29, 1.82) is 0 Å². The van der Waals surface area contributed by atoms with Crippen LogP contribution in [0.3, 0.4) is 0 Å². The van der Waals surface area contributed by atoms with Gasteiger partial charge in [0.05, 0.1) is 0 Å². The highest BCUT2D eigenvalue weighted by molar-refractivity contribution is 5.26. The first-order valence-electron chi connectivity index (χ1n) is 8.26. The topological polar surface area (TPSA) is 3.24 Å². The molecule has 0 spiro atoms. The third kappa shape index (κ3) is 2.51. The molecule has 0 amide bonds. The predicted molar refractivity (Wildman–Crippen MR) is 87.6 cm³/mol. The second-order valence-electron chi connectivity index (χ2n) is 6.56. The van der Waals surface area contributed by atoms with Gasteiger partial charge in [-0.3, -0.25) is 4.90 Å². The maximum atomic E-state index is 2.75. The lowest BCUT2D eigenvalue weighted by Gasteiger charge is -2.36. The number of fused-ring (bicyclic) bond motifs is 1. The van der Waals surface area contributed by atoms with Gasteiger partial charge in [-0.15, -0.1) is 0 Å². The van der Waals surface area contributed by atoms with Crippen LogP contribution in [0.5, 0.6) is 0 Å². The van der Waals surface area contributed by atoms with Crippen molar-refractivity contribution in [1.82, 2.24) is 4.90 Å². The molecule has 3 unspecified atom stereocenters. The van der Waals surface area contributed by atoms with Gasteiger partial charge in [0, 0.05) is 12.6 Å². The molecule has 0 saturated carbocycles. The lowest BCUT2D eigenvalue weighted by molar-refractivity contribution is 0.172. The van der Waals surface area contributed by atoms with Gasteiger partial charge in [0.1, 0.15) is 0 Å². The number of nitrogens with zero attached hydrogens (tertiary/aromatic N) is 1. The Bertz CT molecular complexity index is 577. The number of benzene rings is 2. The quantitative estimate of drug-likeness (QED) is 0.785. The fraction of sp³-hybridized carbons (Fsp3) is 0.400. The van der Waals surface area contributed by atoms with Crippen molar-refractivity contribution in [2.24, 2.45) is 0 Å². The first-order valence-corrected chi connectivity index (χ1v) is 8.26. The van der Waals surface area contributed by atoms with Crippen molar-refractivity contribution in [3.63, 3.8) is 0 Å². The Morgan fingerprint density at radius 3 is 2.19 bits per heavy atom. The Morgan fingerprint density at radius 2 is 1.48 bits per heavy atom. The average Bonchev–Trinajstić information content (AvgIpc) is 3.00. The SMILES string of the molecule is c1ccc(C2CC3C(c4ccccc4)CCCN3C2)cc1. The molecule has 1 heteroatoms. The van der Waals surface area contributed by atoms with Crippen molar-refractivity contribution in [2.45, 2.75) is 37.1 Å². The molecule has 2 aromatic rings. The van der Waals surface area contributed by atoms with Gasteiger partial charge in [0.15, 0.2) is 0 Å². The van der Waals surface area contributed by atoms with Gasteiger partial charge in [-0.25, -0.2) is 0 Å². The fourth-order valence-electron chi connectivity index (χ4n) is 4.37. The molecule has 0 aromatic heterocycles. The van der Waals surface area contributed by atoms with E-state index in [1.807, 2.05) is 0 Å². The summed E-state index contributed by atoms with van der Waals surface area (Å²) in [6.07, 6.45) is 4.02. The molecule has 2 aromatic carbocycles. The van der Waals surface area contributed by atoms with E-state index < -0.39 is 0 Å². The maximum Gasteiger partial charge on any atom is 0.0170 e. The molecule has 0 radical (unpaired) electrons. The molecule has 21 heavy (non-hydrogen) atoms. The van der Waals surface area contributed by atoms with E-state index >= 15 is 0 Å². The highest BCUT2D eigenvalue weighted by Gasteiger charge is 2.40. The van der Waals surface area contributed by atoms with E-state index in [0.29, 0.717) is 0 Å². The smallest absolute Gasteiger partial charge is 0.0170 e. The molecule has 3 atom stereocenters. The predicted octanol–water partition coefficient (Wildman–Crippen LogP) is 4.42. The van der Waals surface area contributed by atoms with Gasteiger partial charge in [0.2, 0.25) is 0 Å². The number of piperidine rings is 1. The molecular formula is C20H23N. The monoisotopic (exact) mass is 277 g/mol. The van der Waals surface area contributed by atoms with Crippen LogP contribution in [0.15, 0.2) is 60.7 Å². The summed E-state index contributed by atoms with van der Waals surface area (Å²) < 4.78 is 0. The summed E-state index contributed by atoms with van der Waals surface area (Å²) in [5.41, 5.74) is 3.07. The number of rotatable bonds is 2. The molecule has 4 rings (SSSR count). The molecule has 108 valence electrons. The largest absolute Gasteiger partial charge is 0.299 e. The molecule has 2 saturated heterocycles. The van der Waals surface area contributed by atoms with Crippen molar-refractivity contribution >= 4 is 0 Å². The van der Waals surface area contributed by atoms with Crippen LogP contribution < -0.4 is 0 Å². The Hall–Kier alpha value is -1.60. The van der Waals surface area contributed by atoms with Crippen LogP contribution in [0.4, 0.5) is 0 Å². The van der Waals surface area contributed by atoms with E-state index in [9.17, 15) is 0 Å². The highest BCUT2D eigenvalue weighted by atomic mass is 15.2. The Labute approximate surface area is 127 Å². The van der Waals surface area contributed by atoms with Gasteiger partial charge in [-0.1, -0.05) is 60.7 Å². The van der Waals surface area contributed by atoms with Crippen molar-refractivity contribution < 1.29 is 0 Å². The van der Waals surface area contributed by atoms with Gasteiger partial charge < -0.3 is 0 Å². The maximum absolute atomic E-state index is 2.75. The first-order chi connectivity index (χ1) is 10.4. The third-order valence-electron chi connectivity index (χ3n) is 5.37. The molecule has 2 aliphatic rings. The van der Waals surface area contributed by atoms with Gasteiger partial charge in [-0.05, 0) is 48.8 Å². The molecule has 0 N–H and O–H groups in total. The van der Waals surface area contributed by atoms with Crippen LogP contribution in [-0.4, -0.2) is 24.0 Å². The van der Waals surface area contributed by atoms with E-state index in [4.69, 9.17) is 0 Å². The van der Waals surface area contributed by atoms with Crippen LogP contribution in [-0.2, 0) is 0 Å². The van der Waals surface area contributed by atoms with Crippen LogP contribution in [0.1, 0.15) is 42.2 Å². The minimum Gasteiger partial charge on any atom is -0.299 e. The zero-order chi connectivity index (χ0) is 14.1. The van der Waals surface area contributed by atoms with E-state index in [2.05, 4.69) is 65.6 Å². The van der Waals surface area contributed by atoms with Crippen molar-refractivity contribution in [3.8, 4) is 0 Å². The molecular weight excluding hydrogens is 254 g/mol. The van der Waals surface area contributed by atoms with Gasteiger partial charge in [-0.2, -0.15) is 0 Å². The summed E-state index contributed by atoms with van der Waals surface area (Å²) in [5, 5.41) is 0. The third-order valence-corrected chi connectivity index (χ3v) is 5.37. The Morgan fingerprint density at radius 1 is 0.810 bits per heavy atom. The molecule has 0 aliphatic carbocycles. The van der Waals surface area contributed by atoms with Crippen LogP contribution >= 0.6 is 0 Å². The number of hydrogen-bond acceptors (Lipinski definition) is 1. The molecule has 2 fully saturated rings. The average molecular weight is 277 g/mol. The van der Waals surface area contributed by atoms with Crippen LogP contribution in [0.2, 0.25) is 0 Å². The Balaban J connectivity index is 1.58. The highest BCUT2D eigenvalue weighted by Crippen LogP contribution is 2.43. The van der Waals surface area contributed by atoms with Gasteiger partial charge in [0.25, 0.3) is 0 Å². The standard InChI is InChI=1S/C20H23N/c1-3-8-16(9-4-1)18-14-20-19(12-7-13-21(20)15-18)17-10-5-2-6-11-17/h1-6,8-11,18-20H,7,12-15H2. The summed E-state index contributed by atoms with van der Waals surface area (Å²) in [6, 6.07) is 23.0. The van der Waals surface area contributed by atoms with E-state index in [1.165, 1.54) is 37.9 Å². The first kappa shape index (κ1) is 13.1. The molecule has 0 bridgehead atoms. The second-order valence-corrected chi connectivity index (χ2v) is 6.56. The van der Waals surface area contributed by atoms with E-state index in [-0.39, 0.29) is 0 Å². The van der Waals surface area contributed by atoms with Crippen LogP contribution in [0.25, 0.3) is 0 Å². The summed E-state index contributed by atoms with van der Waals surface area (Å²) in [4.78, 5) is 2.75. The zero-order valence-electron chi connectivity index (χ0n) is 12.5. The number of hydrogen-bond donors (Lipinski definition) is 0. The minimum atomic E-state index is 0.723. The lowest BCUT2D eigenvalue weighted by atomic mass is 9.82. The lowest BCUT2D eigenvalue weighted by Crippen LogP contribution is -2.39. The molecule has 1 nitrogen and oxygen atoms in total. The summed E-state index contributed by atoms with van der Waals surface area (Å²) in [6.45, 7) is 2.54. The van der Waals surface area contributed by atoms with Crippen molar-refractivity contribution in [3.05, 3.63) is 71.8 Å². The fourth-order valence-corrected chi connectivity index (χ4v) is 4.37. The zero-order valence-corrected chi connectivity index (χ0v) is 12.5. The molecule has 2 aliphatic heterocycles. The summed E-state index contributed by atoms with van der Waals surface area (Å²) in [7, 11) is 0. The summed E-state index contributed by atoms with van der Waals surface area (Å²) in [5.74, 6) is 1.45. The minimum absolute atomic E-state index is 0.723. The van der Waals surface area contributed by atoms with Crippen LogP contribution in [0, 0.1) is 0 Å². The van der Waals surface area contributed by atoms with Crippen molar-refractivity contribution in [2.75, 3.05) is 13.1 Å². The summed E-state index contributed by atoms with van der Waals surface area (Å²) >= 11 is 0. The second kappa shape index (κ2) is 5.65. The van der Waals surface area contributed by atoms with E-state index in [1.54, 1.807) is 5.56 Å².